The Morgan fingerprint density at radius 3 is 2.36 bits per heavy atom. The maximum absolute atomic E-state index is 14.0. The van der Waals surface area contributed by atoms with Crippen LogP contribution in [0.2, 0.25) is 0 Å². The second-order valence-corrected chi connectivity index (χ2v) is 7.18. The number of anilines is 1. The minimum absolute atomic E-state index is 0.158. The Labute approximate surface area is 169 Å². The first kappa shape index (κ1) is 18.7. The molecule has 1 aliphatic heterocycles. The lowest BCUT2D eigenvalue weighted by Crippen LogP contribution is -2.47. The van der Waals surface area contributed by atoms with E-state index < -0.39 is 0 Å². The van der Waals surface area contributed by atoms with Crippen molar-refractivity contribution in [2.75, 3.05) is 38.2 Å². The van der Waals surface area contributed by atoms with Gasteiger partial charge in [-0.05, 0) is 48.6 Å². The molecule has 0 atom stereocenters. The number of halogens is 1. The molecule has 0 unspecified atom stereocenters. The summed E-state index contributed by atoms with van der Waals surface area (Å²) in [5.74, 6) is 0.664. The summed E-state index contributed by atoms with van der Waals surface area (Å²) < 4.78 is 24.0. The molecule has 2 aromatic carbocycles. The van der Waals surface area contributed by atoms with Gasteiger partial charge in [-0.1, -0.05) is 12.1 Å². The van der Waals surface area contributed by atoms with Crippen molar-refractivity contribution in [1.82, 2.24) is 14.0 Å². The van der Waals surface area contributed by atoms with Crippen molar-refractivity contribution >= 4 is 17.9 Å². The number of ether oxygens (including phenoxy) is 1. The molecule has 28 heavy (non-hydrogen) atoms. The highest BCUT2D eigenvalue weighted by atomic mass is 32.1. The fourth-order valence-electron chi connectivity index (χ4n) is 3.51. The molecule has 0 N–H and O–H groups in total. The zero-order valence-corrected chi connectivity index (χ0v) is 16.6. The zero-order valence-electron chi connectivity index (χ0n) is 15.8. The van der Waals surface area contributed by atoms with E-state index >= 15 is 0 Å². The summed E-state index contributed by atoms with van der Waals surface area (Å²) in [5.41, 5.74) is 1.69. The van der Waals surface area contributed by atoms with E-state index in [-0.39, 0.29) is 5.82 Å². The van der Waals surface area contributed by atoms with E-state index in [2.05, 4.69) is 14.4 Å². The number of hydrogen-bond donors (Lipinski definition) is 0. The van der Waals surface area contributed by atoms with Gasteiger partial charge in [-0.2, -0.15) is 0 Å². The molecule has 2 heterocycles. The lowest BCUT2D eigenvalue weighted by atomic mass is 10.2. The van der Waals surface area contributed by atoms with Gasteiger partial charge in [0.15, 0.2) is 4.77 Å². The van der Waals surface area contributed by atoms with Crippen LogP contribution in [0, 0.1) is 10.6 Å². The van der Waals surface area contributed by atoms with E-state index in [1.165, 1.54) is 6.07 Å². The van der Waals surface area contributed by atoms with Crippen LogP contribution < -0.4 is 9.64 Å². The van der Waals surface area contributed by atoms with Crippen LogP contribution in [0.5, 0.6) is 5.75 Å². The predicted molar refractivity (Wildman–Crippen MR) is 111 cm³/mol. The predicted octanol–water partition coefficient (Wildman–Crippen LogP) is 3.94. The van der Waals surface area contributed by atoms with Crippen molar-refractivity contribution in [2.45, 2.75) is 6.67 Å². The van der Waals surface area contributed by atoms with Gasteiger partial charge in [-0.25, -0.2) is 4.39 Å². The number of rotatable bonds is 5. The van der Waals surface area contributed by atoms with Gasteiger partial charge in [0.1, 0.15) is 11.6 Å². The lowest BCUT2D eigenvalue weighted by molar-refractivity contribution is 0.204. The molecule has 0 saturated carbocycles. The molecule has 0 amide bonds. The maximum atomic E-state index is 14.0. The molecule has 0 aliphatic carbocycles. The van der Waals surface area contributed by atoms with E-state index in [1.54, 1.807) is 13.2 Å². The fourth-order valence-corrected chi connectivity index (χ4v) is 3.80. The Morgan fingerprint density at radius 1 is 0.964 bits per heavy atom. The van der Waals surface area contributed by atoms with Crippen LogP contribution in [0.25, 0.3) is 5.69 Å². The van der Waals surface area contributed by atoms with Crippen molar-refractivity contribution in [3.63, 3.8) is 0 Å². The molecule has 1 aromatic heterocycles. The number of piperazine rings is 1. The monoisotopic (exact) mass is 398 g/mol. The number of imidazole rings is 1. The van der Waals surface area contributed by atoms with Crippen LogP contribution in [0.1, 0.15) is 0 Å². The molecule has 4 rings (SSSR count). The molecule has 0 radical (unpaired) electrons. The molecule has 3 aromatic rings. The standard InChI is InChI=1S/C21H23FN4OS/c1-27-18-8-6-17(7-9-18)26-15-14-25(21(26)28)16-23-10-12-24(13-11-23)20-5-3-2-4-19(20)22/h2-9,14-15H,10-13,16H2,1H3. The molecular formula is C21H23FN4OS. The molecule has 7 heteroatoms. The average Bonchev–Trinajstić information content (AvgIpc) is 3.09. The normalized spacial score (nSPS) is 15.0. The Bertz CT molecular complexity index is 990. The quantitative estimate of drug-likeness (QED) is 0.608. The smallest absolute Gasteiger partial charge is 0.185 e. The third-order valence-corrected chi connectivity index (χ3v) is 5.55. The molecule has 1 saturated heterocycles. The van der Waals surface area contributed by atoms with Gasteiger partial charge in [0.2, 0.25) is 0 Å². The highest BCUT2D eigenvalue weighted by Gasteiger charge is 2.19. The van der Waals surface area contributed by atoms with Crippen molar-refractivity contribution in [3.8, 4) is 11.4 Å². The Kier molecular flexibility index (Phi) is 5.45. The van der Waals surface area contributed by atoms with Gasteiger partial charge < -0.3 is 14.2 Å². The largest absolute Gasteiger partial charge is 0.497 e. The van der Waals surface area contributed by atoms with Crippen LogP contribution in [0.4, 0.5) is 10.1 Å². The lowest BCUT2D eigenvalue weighted by Gasteiger charge is -2.36. The van der Waals surface area contributed by atoms with E-state index in [0.717, 1.165) is 49.1 Å². The summed E-state index contributed by atoms with van der Waals surface area (Å²) in [7, 11) is 1.66. The molecule has 1 aliphatic rings. The third kappa shape index (κ3) is 3.81. The highest BCUT2D eigenvalue weighted by Crippen LogP contribution is 2.21. The Balaban J connectivity index is 1.41. The van der Waals surface area contributed by atoms with Crippen molar-refractivity contribution in [1.29, 1.82) is 0 Å². The van der Waals surface area contributed by atoms with E-state index in [9.17, 15) is 4.39 Å². The first-order valence-electron chi connectivity index (χ1n) is 9.30. The summed E-state index contributed by atoms with van der Waals surface area (Å²) in [4.78, 5) is 4.44. The number of methoxy groups -OCH3 is 1. The molecule has 146 valence electrons. The zero-order chi connectivity index (χ0) is 19.5. The summed E-state index contributed by atoms with van der Waals surface area (Å²) in [6.07, 6.45) is 4.00. The SMILES string of the molecule is COc1ccc(-n2ccn(CN3CCN(c4ccccc4F)CC3)c2=S)cc1. The molecule has 1 fully saturated rings. The fraction of sp³-hybridized carbons (Fsp3) is 0.286. The number of aromatic nitrogens is 2. The van der Waals surface area contributed by atoms with Crippen molar-refractivity contribution in [2.24, 2.45) is 0 Å². The minimum Gasteiger partial charge on any atom is -0.497 e. The van der Waals surface area contributed by atoms with Crippen molar-refractivity contribution < 1.29 is 9.13 Å². The second kappa shape index (κ2) is 8.16. The number of benzene rings is 2. The van der Waals surface area contributed by atoms with Gasteiger partial charge in [0, 0.05) is 44.3 Å². The van der Waals surface area contributed by atoms with E-state index in [1.807, 2.05) is 53.4 Å². The Hall–Kier alpha value is -2.64. The maximum Gasteiger partial charge on any atom is 0.185 e. The summed E-state index contributed by atoms with van der Waals surface area (Å²) in [5, 5.41) is 0. The van der Waals surface area contributed by atoms with Crippen LogP contribution >= 0.6 is 12.2 Å². The summed E-state index contributed by atoms with van der Waals surface area (Å²) in [6.45, 7) is 4.06. The van der Waals surface area contributed by atoms with Gasteiger partial charge in [-0.3, -0.25) is 9.47 Å². The van der Waals surface area contributed by atoms with Crippen LogP contribution in [0.15, 0.2) is 60.9 Å². The minimum atomic E-state index is -0.158. The summed E-state index contributed by atoms with van der Waals surface area (Å²) in [6, 6.07) is 14.8. The van der Waals surface area contributed by atoms with Gasteiger partial charge in [0.25, 0.3) is 0 Å². The Morgan fingerprint density at radius 2 is 1.68 bits per heavy atom. The average molecular weight is 399 g/mol. The number of para-hydroxylation sites is 1. The molecule has 0 bridgehead atoms. The van der Waals surface area contributed by atoms with Gasteiger partial charge in [0.05, 0.1) is 19.5 Å². The molecular weight excluding hydrogens is 375 g/mol. The van der Waals surface area contributed by atoms with Gasteiger partial charge >= 0.3 is 0 Å². The van der Waals surface area contributed by atoms with Gasteiger partial charge in [-0.15, -0.1) is 0 Å². The third-order valence-electron chi connectivity index (χ3n) is 5.12. The summed E-state index contributed by atoms with van der Waals surface area (Å²) >= 11 is 5.66. The number of nitrogens with zero attached hydrogens (tertiary/aromatic N) is 4. The first-order chi connectivity index (χ1) is 13.7. The van der Waals surface area contributed by atoms with Crippen LogP contribution in [-0.2, 0) is 6.67 Å². The molecule has 5 nitrogen and oxygen atoms in total. The van der Waals surface area contributed by atoms with Crippen molar-refractivity contribution in [3.05, 3.63) is 71.5 Å². The van der Waals surface area contributed by atoms with E-state index in [0.29, 0.717) is 5.69 Å². The number of hydrogen-bond acceptors (Lipinski definition) is 4. The van der Waals surface area contributed by atoms with Crippen LogP contribution in [-0.4, -0.2) is 47.3 Å². The molecule has 0 spiro atoms. The topological polar surface area (TPSA) is 25.6 Å². The second-order valence-electron chi connectivity index (χ2n) is 6.82. The first-order valence-corrected chi connectivity index (χ1v) is 9.70. The van der Waals surface area contributed by atoms with E-state index in [4.69, 9.17) is 17.0 Å². The van der Waals surface area contributed by atoms with Crippen LogP contribution in [0.3, 0.4) is 0 Å². The highest BCUT2D eigenvalue weighted by molar-refractivity contribution is 7.71.